The molecule has 0 fully saturated rings. The fourth-order valence-corrected chi connectivity index (χ4v) is 2.30. The van der Waals surface area contributed by atoms with Gasteiger partial charge in [0.25, 0.3) is 5.91 Å². The van der Waals surface area contributed by atoms with Gasteiger partial charge in [-0.25, -0.2) is 9.18 Å². The van der Waals surface area contributed by atoms with E-state index < -0.39 is 11.8 Å². The average Bonchev–Trinajstić information content (AvgIpc) is 2.57. The fourth-order valence-electron chi connectivity index (χ4n) is 2.08. The summed E-state index contributed by atoms with van der Waals surface area (Å²) in [6.07, 6.45) is 0. The molecule has 1 amide bonds. The lowest BCUT2D eigenvalue weighted by atomic mass is 10.1. The van der Waals surface area contributed by atoms with Crippen LogP contribution in [0.2, 0.25) is 5.02 Å². The van der Waals surface area contributed by atoms with Crippen LogP contribution in [0.5, 0.6) is 0 Å². The molecule has 0 aliphatic carbocycles. The molecular weight excluding hydrogens is 321 g/mol. The quantitative estimate of drug-likeness (QED) is 0.803. The van der Waals surface area contributed by atoms with Crippen LogP contribution >= 0.6 is 11.6 Å². The highest BCUT2D eigenvalue weighted by atomic mass is 35.5. The van der Waals surface area contributed by atoms with E-state index in [0.29, 0.717) is 11.1 Å². The first-order chi connectivity index (χ1) is 10.9. The van der Waals surface area contributed by atoms with Gasteiger partial charge in [-0.05, 0) is 36.4 Å². The summed E-state index contributed by atoms with van der Waals surface area (Å²) in [6, 6.07) is 10.4. The molecule has 0 spiro atoms. The van der Waals surface area contributed by atoms with Crippen molar-refractivity contribution < 1.29 is 18.7 Å². The number of amides is 1. The Morgan fingerprint density at radius 3 is 2.30 bits per heavy atom. The number of carbonyl (C=O) groups excluding carboxylic acids is 2. The molecule has 0 N–H and O–H groups in total. The Balaban J connectivity index is 2.15. The summed E-state index contributed by atoms with van der Waals surface area (Å²) < 4.78 is 18.4. The maximum Gasteiger partial charge on any atom is 0.337 e. The zero-order valence-corrected chi connectivity index (χ0v) is 13.4. The molecule has 0 bridgehead atoms. The second-order valence-electron chi connectivity index (χ2n) is 4.93. The van der Waals surface area contributed by atoms with Gasteiger partial charge >= 0.3 is 5.97 Å². The number of rotatable bonds is 4. The molecule has 2 aromatic rings. The molecule has 0 unspecified atom stereocenters. The summed E-state index contributed by atoms with van der Waals surface area (Å²) in [5.74, 6) is -1.24. The van der Waals surface area contributed by atoms with E-state index >= 15 is 0 Å². The molecule has 0 saturated carbocycles. The Labute approximate surface area is 138 Å². The number of esters is 1. The Morgan fingerprint density at radius 2 is 1.74 bits per heavy atom. The SMILES string of the molecule is COC(=O)c1ccc(C(=O)N(C)Cc2c(F)cccc2Cl)cc1. The topological polar surface area (TPSA) is 46.6 Å². The number of benzene rings is 2. The zero-order valence-electron chi connectivity index (χ0n) is 12.7. The largest absolute Gasteiger partial charge is 0.465 e. The van der Waals surface area contributed by atoms with Crippen molar-refractivity contribution in [2.75, 3.05) is 14.2 Å². The number of ether oxygens (including phenoxy) is 1. The molecule has 2 rings (SSSR count). The molecule has 0 atom stereocenters. The van der Waals surface area contributed by atoms with Crippen molar-refractivity contribution in [3.8, 4) is 0 Å². The Morgan fingerprint density at radius 1 is 1.13 bits per heavy atom. The predicted molar refractivity (Wildman–Crippen MR) is 85.0 cm³/mol. The van der Waals surface area contributed by atoms with Crippen LogP contribution in [-0.4, -0.2) is 30.9 Å². The third kappa shape index (κ3) is 3.87. The second kappa shape index (κ2) is 7.24. The fraction of sp³-hybridized carbons (Fsp3) is 0.176. The normalized spacial score (nSPS) is 10.3. The molecular formula is C17H15ClFNO3. The van der Waals surface area contributed by atoms with E-state index in [1.807, 2.05) is 0 Å². The van der Waals surface area contributed by atoms with Gasteiger partial charge in [-0.2, -0.15) is 0 Å². The molecule has 23 heavy (non-hydrogen) atoms. The molecule has 0 aliphatic heterocycles. The molecule has 6 heteroatoms. The number of halogens is 2. The van der Waals surface area contributed by atoms with Gasteiger partial charge in [-0.15, -0.1) is 0 Å². The summed E-state index contributed by atoms with van der Waals surface area (Å²) >= 11 is 5.97. The summed E-state index contributed by atoms with van der Waals surface area (Å²) in [5, 5.41) is 0.269. The van der Waals surface area contributed by atoms with Crippen molar-refractivity contribution in [3.05, 3.63) is 70.0 Å². The van der Waals surface area contributed by atoms with Gasteiger partial charge in [-0.3, -0.25) is 4.79 Å². The Hall–Kier alpha value is -2.40. The van der Waals surface area contributed by atoms with E-state index in [9.17, 15) is 14.0 Å². The predicted octanol–water partition coefficient (Wildman–Crippen LogP) is 3.54. The number of nitrogens with zero attached hydrogens (tertiary/aromatic N) is 1. The molecule has 4 nitrogen and oxygen atoms in total. The zero-order chi connectivity index (χ0) is 17.0. The van der Waals surface area contributed by atoms with Gasteiger partial charge < -0.3 is 9.64 Å². The summed E-state index contributed by atoms with van der Waals surface area (Å²) in [7, 11) is 2.84. The molecule has 0 aromatic heterocycles. The van der Waals surface area contributed by atoms with Gasteiger partial charge in [-0.1, -0.05) is 17.7 Å². The highest BCUT2D eigenvalue weighted by Crippen LogP contribution is 2.21. The first-order valence-electron chi connectivity index (χ1n) is 6.80. The lowest BCUT2D eigenvalue weighted by Gasteiger charge is -2.18. The van der Waals surface area contributed by atoms with Crippen LogP contribution < -0.4 is 0 Å². The van der Waals surface area contributed by atoms with Gasteiger partial charge in [0.15, 0.2) is 0 Å². The standard InChI is InChI=1S/C17H15ClFNO3/c1-20(10-13-14(18)4-3-5-15(13)19)16(21)11-6-8-12(9-7-11)17(22)23-2/h3-9H,10H2,1-2H3. The van der Waals surface area contributed by atoms with Gasteiger partial charge in [0, 0.05) is 29.7 Å². The number of methoxy groups -OCH3 is 1. The second-order valence-corrected chi connectivity index (χ2v) is 5.34. The van der Waals surface area contributed by atoms with E-state index in [0.717, 1.165) is 0 Å². The minimum Gasteiger partial charge on any atom is -0.465 e. The van der Waals surface area contributed by atoms with Crippen LogP contribution in [-0.2, 0) is 11.3 Å². The van der Waals surface area contributed by atoms with E-state index in [1.54, 1.807) is 13.1 Å². The van der Waals surface area contributed by atoms with Crippen molar-refractivity contribution in [2.45, 2.75) is 6.54 Å². The molecule has 0 aliphatic rings. The summed E-state index contributed by atoms with van der Waals surface area (Å²) in [6.45, 7) is 0.0447. The smallest absolute Gasteiger partial charge is 0.337 e. The minimum atomic E-state index is -0.476. The third-order valence-corrected chi connectivity index (χ3v) is 3.71. The average molecular weight is 336 g/mol. The number of carbonyl (C=O) groups is 2. The number of hydrogen-bond donors (Lipinski definition) is 0. The lowest BCUT2D eigenvalue weighted by molar-refractivity contribution is 0.0600. The van der Waals surface area contributed by atoms with Crippen LogP contribution in [0.1, 0.15) is 26.3 Å². The lowest BCUT2D eigenvalue weighted by Crippen LogP contribution is -2.26. The Kier molecular flexibility index (Phi) is 5.34. The minimum absolute atomic E-state index is 0.0447. The summed E-state index contributed by atoms with van der Waals surface area (Å²) in [5.41, 5.74) is 0.993. The van der Waals surface area contributed by atoms with Crippen LogP contribution in [0.4, 0.5) is 4.39 Å². The van der Waals surface area contributed by atoms with Crippen LogP contribution in [0.15, 0.2) is 42.5 Å². The monoisotopic (exact) mass is 335 g/mol. The van der Waals surface area contributed by atoms with E-state index in [2.05, 4.69) is 4.74 Å². The van der Waals surface area contributed by atoms with Gasteiger partial charge in [0.1, 0.15) is 5.82 Å². The third-order valence-electron chi connectivity index (χ3n) is 3.36. The van der Waals surface area contributed by atoms with Crippen LogP contribution in [0.3, 0.4) is 0 Å². The highest BCUT2D eigenvalue weighted by Gasteiger charge is 2.16. The van der Waals surface area contributed by atoms with E-state index in [-0.39, 0.29) is 23.0 Å². The van der Waals surface area contributed by atoms with Crippen molar-refractivity contribution in [1.29, 1.82) is 0 Å². The van der Waals surface area contributed by atoms with Crippen LogP contribution in [0, 0.1) is 5.82 Å². The van der Waals surface area contributed by atoms with Crippen molar-refractivity contribution >= 4 is 23.5 Å². The van der Waals surface area contributed by atoms with Crippen molar-refractivity contribution in [3.63, 3.8) is 0 Å². The number of hydrogen-bond acceptors (Lipinski definition) is 3. The van der Waals surface area contributed by atoms with E-state index in [1.165, 1.54) is 48.4 Å². The highest BCUT2D eigenvalue weighted by molar-refractivity contribution is 6.31. The van der Waals surface area contributed by atoms with E-state index in [4.69, 9.17) is 11.6 Å². The summed E-state index contributed by atoms with van der Waals surface area (Å²) in [4.78, 5) is 25.1. The maximum absolute atomic E-state index is 13.8. The van der Waals surface area contributed by atoms with Crippen molar-refractivity contribution in [2.24, 2.45) is 0 Å². The first-order valence-corrected chi connectivity index (χ1v) is 7.18. The molecule has 2 aromatic carbocycles. The Bertz CT molecular complexity index is 711. The first kappa shape index (κ1) is 17.0. The molecule has 0 radical (unpaired) electrons. The molecule has 0 saturated heterocycles. The van der Waals surface area contributed by atoms with Crippen molar-refractivity contribution in [1.82, 2.24) is 4.90 Å². The van der Waals surface area contributed by atoms with Gasteiger partial charge in [0.2, 0.25) is 0 Å². The van der Waals surface area contributed by atoms with Gasteiger partial charge in [0.05, 0.1) is 12.7 Å². The van der Waals surface area contributed by atoms with Crippen LogP contribution in [0.25, 0.3) is 0 Å². The molecule has 0 heterocycles. The molecule has 120 valence electrons. The maximum atomic E-state index is 13.8.